The Morgan fingerprint density at radius 1 is 1.17 bits per heavy atom. The van der Waals surface area contributed by atoms with Gasteiger partial charge in [0, 0.05) is 33.1 Å². The van der Waals surface area contributed by atoms with Crippen molar-refractivity contribution in [3.05, 3.63) is 51.4 Å². The minimum atomic E-state index is 0.442. The second-order valence-electron chi connectivity index (χ2n) is 5.70. The van der Waals surface area contributed by atoms with E-state index in [0.29, 0.717) is 5.25 Å². The molecule has 0 aliphatic rings. The molecule has 0 N–H and O–H groups in total. The first kappa shape index (κ1) is 19.1. The van der Waals surface area contributed by atoms with Gasteiger partial charge in [0.25, 0.3) is 0 Å². The van der Waals surface area contributed by atoms with E-state index in [9.17, 15) is 0 Å². The van der Waals surface area contributed by atoms with Gasteiger partial charge in [-0.15, -0.1) is 0 Å². The highest BCUT2D eigenvalue weighted by Gasteiger charge is 2.16. The first-order chi connectivity index (χ1) is 11.2. The molecule has 2 aromatic rings. The van der Waals surface area contributed by atoms with Crippen molar-refractivity contribution in [2.45, 2.75) is 50.8 Å². The zero-order chi connectivity index (χ0) is 16.5. The van der Waals surface area contributed by atoms with Crippen LogP contribution in [0.3, 0.4) is 0 Å². The van der Waals surface area contributed by atoms with Crippen LogP contribution >= 0.6 is 43.6 Å². The van der Waals surface area contributed by atoms with E-state index >= 15 is 0 Å². The van der Waals surface area contributed by atoms with Gasteiger partial charge < -0.3 is 4.57 Å². The number of rotatable bonds is 10. The summed E-state index contributed by atoms with van der Waals surface area (Å²) < 4.78 is 4.46. The van der Waals surface area contributed by atoms with E-state index in [1.807, 2.05) is 18.7 Å². The average molecular weight is 460 g/mol. The highest BCUT2D eigenvalue weighted by Crippen LogP contribution is 2.37. The Kier molecular flexibility index (Phi) is 8.77. The van der Waals surface area contributed by atoms with Crippen LogP contribution in [-0.4, -0.2) is 15.3 Å². The third-order valence-electron chi connectivity index (χ3n) is 3.81. The molecule has 0 fully saturated rings. The topological polar surface area (TPSA) is 17.8 Å². The van der Waals surface area contributed by atoms with Crippen molar-refractivity contribution >= 4 is 43.6 Å². The van der Waals surface area contributed by atoms with Crippen LogP contribution in [0.2, 0.25) is 0 Å². The number of nitrogens with zero attached hydrogens (tertiary/aromatic N) is 2. The van der Waals surface area contributed by atoms with Gasteiger partial charge in [-0.25, -0.2) is 4.98 Å². The van der Waals surface area contributed by atoms with E-state index < -0.39 is 0 Å². The van der Waals surface area contributed by atoms with E-state index in [-0.39, 0.29) is 0 Å². The van der Waals surface area contributed by atoms with Gasteiger partial charge in [-0.3, -0.25) is 0 Å². The van der Waals surface area contributed by atoms with Gasteiger partial charge in [0.15, 0.2) is 0 Å². The standard InChI is InChI=1S/C18H24Br2N2S/c1-2-3-4-5-6-11-23-18(13-22-10-9-21-14-22)16-8-7-15(19)12-17(16)20/h7-10,12,14,18H,2-6,11,13H2,1H3. The highest BCUT2D eigenvalue weighted by molar-refractivity contribution is 9.11. The number of halogens is 2. The molecule has 1 unspecified atom stereocenters. The summed E-state index contributed by atoms with van der Waals surface area (Å²) in [5.74, 6) is 1.21. The number of unbranched alkanes of at least 4 members (excludes halogenated alkanes) is 4. The van der Waals surface area contributed by atoms with E-state index in [1.165, 1.54) is 47.9 Å². The molecule has 0 amide bonds. The van der Waals surface area contributed by atoms with E-state index in [2.05, 4.69) is 78.3 Å². The zero-order valence-corrected chi connectivity index (χ0v) is 17.5. The Morgan fingerprint density at radius 2 is 2.00 bits per heavy atom. The summed E-state index contributed by atoms with van der Waals surface area (Å²) >= 11 is 9.33. The van der Waals surface area contributed by atoms with Crippen molar-refractivity contribution in [1.82, 2.24) is 9.55 Å². The highest BCUT2D eigenvalue weighted by atomic mass is 79.9. The Hall–Kier alpha value is -0.260. The third-order valence-corrected chi connectivity index (χ3v) is 6.32. The molecule has 1 aromatic heterocycles. The van der Waals surface area contributed by atoms with Crippen LogP contribution < -0.4 is 0 Å². The lowest BCUT2D eigenvalue weighted by Gasteiger charge is -2.19. The van der Waals surface area contributed by atoms with Crippen molar-refractivity contribution in [1.29, 1.82) is 0 Å². The van der Waals surface area contributed by atoms with Gasteiger partial charge in [-0.2, -0.15) is 11.8 Å². The minimum absolute atomic E-state index is 0.442. The smallest absolute Gasteiger partial charge is 0.0946 e. The molecular weight excluding hydrogens is 436 g/mol. The maximum Gasteiger partial charge on any atom is 0.0946 e. The maximum absolute atomic E-state index is 4.17. The maximum atomic E-state index is 4.17. The predicted octanol–water partition coefficient (Wildman–Crippen LogP) is 6.85. The molecule has 0 aliphatic heterocycles. The summed E-state index contributed by atoms with van der Waals surface area (Å²) in [4.78, 5) is 4.17. The van der Waals surface area contributed by atoms with E-state index in [1.54, 1.807) is 0 Å². The lowest BCUT2D eigenvalue weighted by atomic mass is 10.1. The van der Waals surface area contributed by atoms with Crippen LogP contribution in [0.4, 0.5) is 0 Å². The largest absolute Gasteiger partial charge is 0.336 e. The van der Waals surface area contributed by atoms with Gasteiger partial charge in [-0.05, 0) is 29.9 Å². The minimum Gasteiger partial charge on any atom is -0.336 e. The summed E-state index contributed by atoms with van der Waals surface area (Å²) in [5, 5.41) is 0.442. The van der Waals surface area contributed by atoms with Crippen LogP contribution in [0.25, 0.3) is 0 Å². The fourth-order valence-electron chi connectivity index (χ4n) is 2.52. The predicted molar refractivity (Wildman–Crippen MR) is 108 cm³/mol. The Labute approximate surface area is 160 Å². The fourth-order valence-corrected chi connectivity index (χ4v) is 5.31. The van der Waals surface area contributed by atoms with Gasteiger partial charge >= 0.3 is 0 Å². The molecule has 0 aliphatic carbocycles. The summed E-state index contributed by atoms with van der Waals surface area (Å²) in [5.41, 5.74) is 1.36. The van der Waals surface area contributed by atoms with Crippen LogP contribution in [0, 0.1) is 0 Å². The molecular formula is C18H24Br2N2S. The number of benzene rings is 1. The molecule has 1 atom stereocenters. The van der Waals surface area contributed by atoms with Crippen molar-refractivity contribution in [3.8, 4) is 0 Å². The summed E-state index contributed by atoms with van der Waals surface area (Å²) in [6, 6.07) is 6.49. The molecule has 1 heterocycles. The van der Waals surface area contributed by atoms with Crippen LogP contribution in [-0.2, 0) is 6.54 Å². The molecule has 126 valence electrons. The Morgan fingerprint density at radius 3 is 2.70 bits per heavy atom. The third kappa shape index (κ3) is 6.63. The summed E-state index contributed by atoms with van der Waals surface area (Å²) in [6.07, 6.45) is 12.5. The first-order valence-electron chi connectivity index (χ1n) is 8.23. The molecule has 0 bridgehead atoms. The molecule has 0 saturated carbocycles. The Bertz CT molecular complexity index is 572. The zero-order valence-electron chi connectivity index (χ0n) is 13.5. The van der Waals surface area contributed by atoms with E-state index in [4.69, 9.17) is 0 Å². The van der Waals surface area contributed by atoms with Gasteiger partial charge in [0.05, 0.1) is 6.33 Å². The molecule has 2 nitrogen and oxygen atoms in total. The van der Waals surface area contributed by atoms with Crippen molar-refractivity contribution in [3.63, 3.8) is 0 Å². The van der Waals surface area contributed by atoms with Gasteiger partial charge in [0.1, 0.15) is 0 Å². The van der Waals surface area contributed by atoms with Gasteiger partial charge in [-0.1, -0.05) is 70.5 Å². The van der Waals surface area contributed by atoms with Crippen LogP contribution in [0.1, 0.15) is 49.8 Å². The molecule has 5 heteroatoms. The van der Waals surface area contributed by atoms with Crippen molar-refractivity contribution < 1.29 is 0 Å². The fraction of sp³-hybridized carbons (Fsp3) is 0.500. The molecule has 0 radical (unpaired) electrons. The average Bonchev–Trinajstić information content (AvgIpc) is 3.03. The second-order valence-corrected chi connectivity index (χ2v) is 8.78. The molecule has 0 saturated heterocycles. The normalized spacial score (nSPS) is 12.5. The number of hydrogen-bond acceptors (Lipinski definition) is 2. The molecule has 23 heavy (non-hydrogen) atoms. The summed E-state index contributed by atoms with van der Waals surface area (Å²) in [6.45, 7) is 3.22. The molecule has 0 spiro atoms. The lowest BCUT2D eigenvalue weighted by Crippen LogP contribution is -2.06. The number of hydrogen-bond donors (Lipinski definition) is 0. The van der Waals surface area contributed by atoms with Gasteiger partial charge in [0.2, 0.25) is 0 Å². The number of thioether (sulfide) groups is 1. The second kappa shape index (κ2) is 10.6. The first-order valence-corrected chi connectivity index (χ1v) is 10.9. The van der Waals surface area contributed by atoms with Crippen molar-refractivity contribution in [2.75, 3.05) is 5.75 Å². The summed E-state index contributed by atoms with van der Waals surface area (Å²) in [7, 11) is 0. The molecule has 2 rings (SSSR count). The molecule has 1 aromatic carbocycles. The number of imidazole rings is 1. The Balaban J connectivity index is 1.97. The van der Waals surface area contributed by atoms with E-state index in [0.717, 1.165) is 11.0 Å². The monoisotopic (exact) mass is 458 g/mol. The quantitative estimate of drug-likeness (QED) is 0.361. The lowest BCUT2D eigenvalue weighted by molar-refractivity contribution is 0.655. The van der Waals surface area contributed by atoms with Crippen molar-refractivity contribution in [2.24, 2.45) is 0 Å². The van der Waals surface area contributed by atoms with Crippen LogP contribution in [0.15, 0.2) is 45.9 Å². The van der Waals surface area contributed by atoms with Crippen LogP contribution in [0.5, 0.6) is 0 Å². The number of aromatic nitrogens is 2. The SMILES string of the molecule is CCCCCCCSC(Cn1ccnc1)c1ccc(Br)cc1Br.